The molecule has 0 aliphatic heterocycles. The van der Waals surface area contributed by atoms with E-state index in [0.717, 1.165) is 6.42 Å². The van der Waals surface area contributed by atoms with E-state index in [9.17, 15) is 13.2 Å². The molecule has 0 radical (unpaired) electrons. The second-order valence-corrected chi connectivity index (χ2v) is 4.13. The van der Waals surface area contributed by atoms with E-state index in [-0.39, 0.29) is 6.54 Å². The van der Waals surface area contributed by atoms with Gasteiger partial charge in [-0.2, -0.15) is 13.2 Å². The Morgan fingerprint density at radius 1 is 1.11 bits per heavy atom. The first-order chi connectivity index (χ1) is 8.94. The standard InChI is InChI=1S/C12H19F3N4/c1-3-5-9-18-10(16-4-2)8-11(19-9)17-7-6-12(13,14)15/h8H,3-7H2,1-2H3,(H2,16,17,18,19). The first-order valence-corrected chi connectivity index (χ1v) is 6.37. The normalized spacial score (nSPS) is 11.4. The van der Waals surface area contributed by atoms with E-state index in [4.69, 9.17) is 0 Å². The summed E-state index contributed by atoms with van der Waals surface area (Å²) in [7, 11) is 0. The summed E-state index contributed by atoms with van der Waals surface area (Å²) in [5.74, 6) is 1.70. The lowest BCUT2D eigenvalue weighted by Crippen LogP contribution is -2.16. The van der Waals surface area contributed by atoms with E-state index in [1.54, 1.807) is 6.07 Å². The van der Waals surface area contributed by atoms with Crippen LogP contribution in [0.15, 0.2) is 6.07 Å². The van der Waals surface area contributed by atoms with Crippen LogP contribution in [0.3, 0.4) is 0 Å². The van der Waals surface area contributed by atoms with E-state index in [1.165, 1.54) is 0 Å². The van der Waals surface area contributed by atoms with Gasteiger partial charge in [0, 0.05) is 25.6 Å². The van der Waals surface area contributed by atoms with Crippen LogP contribution < -0.4 is 10.6 Å². The van der Waals surface area contributed by atoms with Gasteiger partial charge in [-0.25, -0.2) is 9.97 Å². The Morgan fingerprint density at radius 3 is 2.26 bits per heavy atom. The Bertz CT molecular complexity index is 369. The van der Waals surface area contributed by atoms with Gasteiger partial charge in [-0.3, -0.25) is 0 Å². The molecule has 0 saturated carbocycles. The van der Waals surface area contributed by atoms with Gasteiger partial charge in [0.2, 0.25) is 0 Å². The van der Waals surface area contributed by atoms with Crippen LogP contribution in [-0.4, -0.2) is 29.2 Å². The predicted octanol–water partition coefficient (Wildman–Crippen LogP) is 3.23. The van der Waals surface area contributed by atoms with Crippen molar-refractivity contribution in [1.82, 2.24) is 9.97 Å². The van der Waals surface area contributed by atoms with Crippen molar-refractivity contribution in [1.29, 1.82) is 0 Å². The number of nitrogens with zero attached hydrogens (tertiary/aromatic N) is 2. The number of anilines is 2. The predicted molar refractivity (Wildman–Crippen MR) is 69.4 cm³/mol. The highest BCUT2D eigenvalue weighted by atomic mass is 19.4. The van der Waals surface area contributed by atoms with Crippen molar-refractivity contribution in [2.75, 3.05) is 23.7 Å². The molecular formula is C12H19F3N4. The quantitative estimate of drug-likeness (QED) is 0.802. The Kier molecular flexibility index (Phi) is 5.85. The Hall–Kier alpha value is -1.53. The van der Waals surface area contributed by atoms with Crippen molar-refractivity contribution in [3.63, 3.8) is 0 Å². The minimum atomic E-state index is -4.16. The first-order valence-electron chi connectivity index (χ1n) is 6.37. The zero-order valence-electron chi connectivity index (χ0n) is 11.1. The molecule has 0 saturated heterocycles. The Balaban J connectivity index is 2.69. The number of nitrogens with one attached hydrogen (secondary N) is 2. The van der Waals surface area contributed by atoms with Crippen LogP contribution in [0.4, 0.5) is 24.8 Å². The molecule has 4 nitrogen and oxygen atoms in total. The maximum atomic E-state index is 12.1. The first kappa shape index (κ1) is 15.5. The van der Waals surface area contributed by atoms with Crippen molar-refractivity contribution < 1.29 is 13.2 Å². The number of halogens is 3. The Labute approximate surface area is 110 Å². The maximum Gasteiger partial charge on any atom is 0.390 e. The third-order valence-corrected chi connectivity index (χ3v) is 2.32. The number of alkyl halides is 3. The molecule has 0 unspecified atom stereocenters. The molecule has 0 fully saturated rings. The summed E-state index contributed by atoms with van der Waals surface area (Å²) >= 11 is 0. The lowest BCUT2D eigenvalue weighted by molar-refractivity contribution is -0.131. The third kappa shape index (κ3) is 6.26. The van der Waals surface area contributed by atoms with Crippen molar-refractivity contribution in [3.05, 3.63) is 11.9 Å². The van der Waals surface area contributed by atoms with E-state index in [1.807, 2.05) is 13.8 Å². The van der Waals surface area contributed by atoms with Gasteiger partial charge in [0.05, 0.1) is 6.42 Å². The highest BCUT2D eigenvalue weighted by Gasteiger charge is 2.26. The summed E-state index contributed by atoms with van der Waals surface area (Å²) in [6.45, 7) is 4.45. The summed E-state index contributed by atoms with van der Waals surface area (Å²) < 4.78 is 36.2. The van der Waals surface area contributed by atoms with E-state index in [0.29, 0.717) is 30.4 Å². The molecule has 0 amide bonds. The molecule has 0 aromatic carbocycles. The van der Waals surface area contributed by atoms with Crippen molar-refractivity contribution >= 4 is 11.6 Å². The third-order valence-electron chi connectivity index (χ3n) is 2.32. The lowest BCUT2D eigenvalue weighted by Gasteiger charge is -2.11. The van der Waals surface area contributed by atoms with Crippen LogP contribution in [0.1, 0.15) is 32.5 Å². The molecule has 0 aliphatic rings. The van der Waals surface area contributed by atoms with Crippen LogP contribution in [0.2, 0.25) is 0 Å². The van der Waals surface area contributed by atoms with Gasteiger partial charge in [0.1, 0.15) is 17.5 Å². The summed E-state index contributed by atoms with van der Waals surface area (Å²) in [5.41, 5.74) is 0. The fourth-order valence-electron chi connectivity index (χ4n) is 1.53. The minimum absolute atomic E-state index is 0.183. The molecule has 2 N–H and O–H groups in total. The number of hydrogen-bond donors (Lipinski definition) is 2. The second-order valence-electron chi connectivity index (χ2n) is 4.13. The summed E-state index contributed by atoms with van der Waals surface area (Å²) in [5, 5.41) is 5.73. The molecule has 7 heteroatoms. The van der Waals surface area contributed by atoms with Crippen molar-refractivity contribution in [2.24, 2.45) is 0 Å². The average molecular weight is 276 g/mol. The zero-order valence-corrected chi connectivity index (χ0v) is 11.1. The van der Waals surface area contributed by atoms with E-state index < -0.39 is 12.6 Å². The number of rotatable bonds is 7. The smallest absolute Gasteiger partial charge is 0.370 e. The van der Waals surface area contributed by atoms with Gasteiger partial charge in [0.15, 0.2) is 0 Å². The summed E-state index contributed by atoms with van der Waals surface area (Å²) in [6, 6.07) is 1.62. The monoisotopic (exact) mass is 276 g/mol. The number of aryl methyl sites for hydroxylation is 1. The van der Waals surface area contributed by atoms with Crippen molar-refractivity contribution in [2.45, 2.75) is 39.3 Å². The van der Waals surface area contributed by atoms with Gasteiger partial charge in [-0.15, -0.1) is 0 Å². The van der Waals surface area contributed by atoms with Crippen LogP contribution in [0.25, 0.3) is 0 Å². The van der Waals surface area contributed by atoms with Gasteiger partial charge in [-0.1, -0.05) is 6.92 Å². The van der Waals surface area contributed by atoms with E-state index in [2.05, 4.69) is 20.6 Å². The van der Waals surface area contributed by atoms with Crippen LogP contribution >= 0.6 is 0 Å². The SMILES string of the molecule is CCCc1nc(NCC)cc(NCCC(F)(F)F)n1. The highest BCUT2D eigenvalue weighted by Crippen LogP contribution is 2.19. The van der Waals surface area contributed by atoms with Crippen molar-refractivity contribution in [3.8, 4) is 0 Å². The highest BCUT2D eigenvalue weighted by molar-refractivity contribution is 5.47. The van der Waals surface area contributed by atoms with Gasteiger partial charge >= 0.3 is 6.18 Å². The molecule has 0 aliphatic carbocycles. The number of hydrogen-bond acceptors (Lipinski definition) is 4. The molecule has 0 atom stereocenters. The molecule has 108 valence electrons. The second kappa shape index (κ2) is 7.16. The molecule has 1 aromatic rings. The fourth-order valence-corrected chi connectivity index (χ4v) is 1.53. The lowest BCUT2D eigenvalue weighted by atomic mass is 10.3. The molecule has 1 rings (SSSR count). The molecule has 1 aromatic heterocycles. The summed E-state index contributed by atoms with van der Waals surface area (Å²) in [6.07, 6.45) is -3.45. The molecule has 0 spiro atoms. The average Bonchev–Trinajstić information content (AvgIpc) is 2.28. The van der Waals surface area contributed by atoms with Crippen LogP contribution in [0.5, 0.6) is 0 Å². The molecule has 0 bridgehead atoms. The fraction of sp³-hybridized carbons (Fsp3) is 0.667. The largest absolute Gasteiger partial charge is 0.390 e. The van der Waals surface area contributed by atoms with Crippen LogP contribution in [0, 0.1) is 0 Å². The number of aromatic nitrogens is 2. The van der Waals surface area contributed by atoms with Gasteiger partial charge < -0.3 is 10.6 Å². The Morgan fingerprint density at radius 2 is 1.74 bits per heavy atom. The topological polar surface area (TPSA) is 49.8 Å². The molecule has 1 heterocycles. The van der Waals surface area contributed by atoms with Crippen LogP contribution in [-0.2, 0) is 6.42 Å². The minimum Gasteiger partial charge on any atom is -0.370 e. The van der Waals surface area contributed by atoms with E-state index >= 15 is 0 Å². The van der Waals surface area contributed by atoms with Gasteiger partial charge in [-0.05, 0) is 13.3 Å². The maximum absolute atomic E-state index is 12.1. The zero-order chi connectivity index (χ0) is 14.3. The summed E-state index contributed by atoms with van der Waals surface area (Å²) in [4.78, 5) is 8.48. The van der Waals surface area contributed by atoms with Gasteiger partial charge in [0.25, 0.3) is 0 Å². The molecule has 19 heavy (non-hydrogen) atoms. The molecular weight excluding hydrogens is 257 g/mol.